The van der Waals surface area contributed by atoms with E-state index in [1.807, 2.05) is 0 Å². The smallest absolute Gasteiger partial charge is 0.257 e. The number of rotatable bonds is 6. The van der Waals surface area contributed by atoms with Crippen molar-refractivity contribution in [3.63, 3.8) is 0 Å². The Hall–Kier alpha value is -2.69. The summed E-state index contributed by atoms with van der Waals surface area (Å²) in [5, 5.41) is 27.2. The average molecular weight is 488 g/mol. The molecule has 1 fully saturated rings. The maximum absolute atomic E-state index is 12.8. The third kappa shape index (κ3) is 5.13. The molecule has 176 valence electrons. The molecule has 33 heavy (non-hydrogen) atoms. The van der Waals surface area contributed by atoms with Crippen molar-refractivity contribution < 1.29 is 15.0 Å². The number of phenols is 1. The highest BCUT2D eigenvalue weighted by Crippen LogP contribution is 2.41. The lowest BCUT2D eigenvalue weighted by molar-refractivity contribution is 0.0762. The van der Waals surface area contributed by atoms with Crippen molar-refractivity contribution in [2.45, 2.75) is 46.3 Å². The van der Waals surface area contributed by atoms with Gasteiger partial charge in [0.2, 0.25) is 0 Å². The maximum atomic E-state index is 12.8. The van der Waals surface area contributed by atoms with Gasteiger partial charge < -0.3 is 25.7 Å². The van der Waals surface area contributed by atoms with E-state index in [9.17, 15) is 15.0 Å². The van der Waals surface area contributed by atoms with Gasteiger partial charge in [-0.05, 0) is 43.0 Å². The molecule has 1 aromatic carbocycles. The van der Waals surface area contributed by atoms with E-state index in [0.29, 0.717) is 30.3 Å². The van der Waals surface area contributed by atoms with Gasteiger partial charge in [-0.2, -0.15) is 8.75 Å². The first-order valence-corrected chi connectivity index (χ1v) is 12.4. The summed E-state index contributed by atoms with van der Waals surface area (Å²) in [6.07, 6.45) is 0.0258. The van der Waals surface area contributed by atoms with Crippen LogP contribution in [-0.4, -0.2) is 49.0 Å². The Balaban J connectivity index is 1.57. The first-order valence-electron chi connectivity index (χ1n) is 10.8. The molecule has 2 unspecified atom stereocenters. The molecule has 8 nitrogen and oxygen atoms in total. The number of benzene rings is 1. The lowest BCUT2D eigenvalue weighted by Crippen LogP contribution is -2.29. The van der Waals surface area contributed by atoms with Crippen LogP contribution in [0.1, 0.15) is 53.3 Å². The molecule has 1 aliphatic heterocycles. The molecule has 0 radical (unpaired) electrons. The van der Waals surface area contributed by atoms with Crippen LogP contribution in [0.2, 0.25) is 0 Å². The molecule has 1 saturated heterocycles. The van der Waals surface area contributed by atoms with Gasteiger partial charge in [0.1, 0.15) is 0 Å². The Bertz CT molecular complexity index is 1140. The van der Waals surface area contributed by atoms with Crippen LogP contribution in [0.3, 0.4) is 0 Å². The number of aromatic hydroxyl groups is 1. The van der Waals surface area contributed by atoms with E-state index < -0.39 is 6.10 Å². The third-order valence-corrected chi connectivity index (χ3v) is 7.25. The Kier molecular flexibility index (Phi) is 6.60. The van der Waals surface area contributed by atoms with Gasteiger partial charge in [-0.1, -0.05) is 26.8 Å². The fourth-order valence-electron chi connectivity index (χ4n) is 3.87. The minimum Gasteiger partial charge on any atom is -0.505 e. The van der Waals surface area contributed by atoms with Gasteiger partial charge in [0.05, 0.1) is 35.1 Å². The van der Waals surface area contributed by atoms with Gasteiger partial charge in [-0.25, -0.2) is 0 Å². The Labute approximate surface area is 201 Å². The highest BCUT2D eigenvalue weighted by Gasteiger charge is 2.30. The number of carbonyl (C=O) groups is 1. The summed E-state index contributed by atoms with van der Waals surface area (Å²) in [5.74, 6) is 0.621. The zero-order valence-corrected chi connectivity index (χ0v) is 20.8. The van der Waals surface area contributed by atoms with E-state index in [2.05, 4.69) is 59.2 Å². The van der Waals surface area contributed by atoms with Crippen molar-refractivity contribution in [1.29, 1.82) is 0 Å². The zero-order chi connectivity index (χ0) is 23.8. The number of phenolic OH excluding ortho intramolecular Hbond substituents is 1. The number of aliphatic hydroxyl groups excluding tert-OH is 1. The van der Waals surface area contributed by atoms with Crippen LogP contribution in [0.15, 0.2) is 30.3 Å². The van der Waals surface area contributed by atoms with Crippen LogP contribution in [0, 0.1) is 12.3 Å². The third-order valence-electron chi connectivity index (χ3n) is 5.65. The lowest BCUT2D eigenvalue weighted by Gasteiger charge is -2.31. The number of carbonyl (C=O) groups excluding carboxylic acids is 1. The Morgan fingerprint density at radius 2 is 1.97 bits per heavy atom. The molecule has 3 aromatic rings. The molecule has 2 aromatic heterocycles. The molecule has 0 spiro atoms. The van der Waals surface area contributed by atoms with Gasteiger partial charge in [0.15, 0.2) is 17.4 Å². The normalized spacial score (nSPS) is 17.2. The number of nitrogens with one attached hydrogen (secondary N) is 2. The molecule has 2 atom stereocenters. The zero-order valence-electron chi connectivity index (χ0n) is 19.1. The van der Waals surface area contributed by atoms with Crippen LogP contribution in [0.5, 0.6) is 5.75 Å². The number of aryl methyl sites for hydroxylation is 1. The molecule has 0 aliphatic carbocycles. The van der Waals surface area contributed by atoms with Gasteiger partial charge in [0, 0.05) is 22.8 Å². The van der Waals surface area contributed by atoms with E-state index in [1.54, 1.807) is 34.4 Å². The molecule has 1 aliphatic rings. The quantitative estimate of drug-likeness (QED) is 0.371. The first-order chi connectivity index (χ1) is 15.6. The second-order valence-electron chi connectivity index (χ2n) is 9.37. The maximum Gasteiger partial charge on any atom is 0.257 e. The number of likely N-dealkylation sites (tertiary alicyclic amines) is 1. The number of aliphatic hydroxyl groups is 1. The van der Waals surface area contributed by atoms with Crippen molar-refractivity contribution in [3.8, 4) is 5.75 Å². The molecular formula is C23H29N5O3S2. The molecule has 0 bridgehead atoms. The minimum atomic E-state index is -0.519. The summed E-state index contributed by atoms with van der Waals surface area (Å²) < 4.78 is 8.80. The number of anilines is 3. The largest absolute Gasteiger partial charge is 0.505 e. The molecule has 4 N–H and O–H groups in total. The van der Waals surface area contributed by atoms with E-state index in [0.717, 1.165) is 11.7 Å². The highest BCUT2D eigenvalue weighted by molar-refractivity contribution is 7.12. The Morgan fingerprint density at radius 3 is 2.61 bits per heavy atom. The molecule has 0 saturated carbocycles. The number of para-hydroxylation sites is 1. The second kappa shape index (κ2) is 9.28. The fraction of sp³-hybridized carbons (Fsp3) is 0.435. The molecule has 4 rings (SSSR count). The van der Waals surface area contributed by atoms with E-state index >= 15 is 0 Å². The molecule has 1 amide bonds. The summed E-state index contributed by atoms with van der Waals surface area (Å²) in [6.45, 7) is 9.34. The lowest BCUT2D eigenvalue weighted by atomic mass is 9.86. The number of hydrogen-bond acceptors (Lipinski definition) is 9. The number of amides is 1. The van der Waals surface area contributed by atoms with Gasteiger partial charge >= 0.3 is 0 Å². The highest BCUT2D eigenvalue weighted by atomic mass is 32.1. The topological polar surface area (TPSA) is 111 Å². The summed E-state index contributed by atoms with van der Waals surface area (Å²) in [7, 11) is 0. The fourth-order valence-corrected chi connectivity index (χ4v) is 5.52. The predicted molar refractivity (Wildman–Crippen MR) is 133 cm³/mol. The van der Waals surface area contributed by atoms with Crippen molar-refractivity contribution in [2.24, 2.45) is 5.41 Å². The van der Waals surface area contributed by atoms with Crippen molar-refractivity contribution in [3.05, 3.63) is 45.6 Å². The van der Waals surface area contributed by atoms with E-state index in [4.69, 9.17) is 0 Å². The van der Waals surface area contributed by atoms with Gasteiger partial charge in [-0.3, -0.25) is 4.79 Å². The monoisotopic (exact) mass is 487 g/mol. The van der Waals surface area contributed by atoms with Crippen LogP contribution in [0.25, 0.3) is 0 Å². The summed E-state index contributed by atoms with van der Waals surface area (Å²) in [4.78, 5) is 16.8. The first kappa shape index (κ1) is 23.5. The average Bonchev–Trinajstić information content (AvgIpc) is 3.48. The number of hydrogen-bond donors (Lipinski definition) is 4. The number of aromatic nitrogens is 2. The van der Waals surface area contributed by atoms with Crippen LogP contribution in [-0.2, 0) is 0 Å². The second-order valence-corrected chi connectivity index (χ2v) is 11.2. The predicted octanol–water partition coefficient (Wildman–Crippen LogP) is 4.76. The summed E-state index contributed by atoms with van der Waals surface area (Å²) >= 11 is 2.82. The Morgan fingerprint density at radius 1 is 1.21 bits per heavy atom. The van der Waals surface area contributed by atoms with Crippen LogP contribution in [0.4, 0.5) is 17.3 Å². The van der Waals surface area contributed by atoms with Crippen LogP contribution < -0.4 is 10.6 Å². The minimum absolute atomic E-state index is 0.0174. The number of β-amino-alcohol motifs (C(OH)–C–C–N with tert-alkyl or cyclic N) is 1. The summed E-state index contributed by atoms with van der Waals surface area (Å²) in [5.41, 5.74) is 0.483. The van der Waals surface area contributed by atoms with Gasteiger partial charge in [-0.15, -0.1) is 11.3 Å². The molecular weight excluding hydrogens is 458 g/mol. The van der Waals surface area contributed by atoms with E-state index in [1.165, 1.54) is 9.75 Å². The van der Waals surface area contributed by atoms with Crippen molar-refractivity contribution in [1.82, 2.24) is 13.6 Å². The molecule has 3 heterocycles. The molecule has 10 heteroatoms. The number of nitrogens with zero attached hydrogens (tertiary/aromatic N) is 3. The van der Waals surface area contributed by atoms with Gasteiger partial charge in [0.25, 0.3) is 5.91 Å². The number of thiophene rings is 1. The van der Waals surface area contributed by atoms with Crippen LogP contribution >= 0.6 is 23.1 Å². The SMILES string of the molecule is Cc1ccc(C(Nc2nsnc2Nc2cccc(C(=O)N3CCC(O)C3)c2O)C(C)(C)C)s1. The van der Waals surface area contributed by atoms with E-state index in [-0.39, 0.29) is 35.2 Å². The summed E-state index contributed by atoms with van der Waals surface area (Å²) in [6, 6.07) is 9.24. The van der Waals surface area contributed by atoms with Crippen molar-refractivity contribution >= 4 is 46.3 Å². The standard InChI is InChI=1S/C23H29N5O3S2/c1-13-8-9-17(32-13)19(23(2,3)4)25-21-20(26-33-27-21)24-16-7-5-6-15(18(16)30)22(31)28-11-10-14(29)12-28/h5-9,14,19,29-30H,10-12H2,1-4H3,(H,24,26)(H,25,27). The van der Waals surface area contributed by atoms with Crippen molar-refractivity contribution in [2.75, 3.05) is 23.7 Å².